The van der Waals surface area contributed by atoms with Crippen LogP contribution < -0.4 is 0 Å². The van der Waals surface area contributed by atoms with Crippen molar-refractivity contribution in [3.05, 3.63) is 42.4 Å². The maximum atomic E-state index is 5.46. The number of aryl methyl sites for hydroxylation is 1. The molecule has 0 radical (unpaired) electrons. The Labute approximate surface area is 120 Å². The average Bonchev–Trinajstić information content (AvgIpc) is 3.02. The normalized spacial score (nSPS) is 11.7. The molecule has 2 rings (SSSR count). The summed E-state index contributed by atoms with van der Waals surface area (Å²) in [6.07, 6.45) is 6.70. The minimum atomic E-state index is 0.827. The van der Waals surface area contributed by atoms with Crippen LogP contribution in [0.15, 0.2) is 35.2 Å². The van der Waals surface area contributed by atoms with Crippen LogP contribution in [0.2, 0.25) is 0 Å². The molecule has 0 atom stereocenters. The van der Waals surface area contributed by atoms with E-state index >= 15 is 0 Å². The van der Waals surface area contributed by atoms with Gasteiger partial charge in [0.2, 0.25) is 0 Å². The quantitative estimate of drug-likeness (QED) is 0.739. The molecule has 0 aliphatic rings. The summed E-state index contributed by atoms with van der Waals surface area (Å²) >= 11 is 0. The van der Waals surface area contributed by atoms with Crippen molar-refractivity contribution >= 4 is 0 Å². The van der Waals surface area contributed by atoms with Crippen molar-refractivity contribution in [3.8, 4) is 0 Å². The van der Waals surface area contributed by atoms with Crippen molar-refractivity contribution in [1.82, 2.24) is 19.4 Å². The number of imidazole rings is 1. The molecule has 0 aliphatic carbocycles. The Balaban J connectivity index is 1.94. The highest BCUT2D eigenvalue weighted by atomic mass is 16.3. The van der Waals surface area contributed by atoms with Crippen LogP contribution in [0, 0.1) is 0 Å². The lowest BCUT2D eigenvalue weighted by Crippen LogP contribution is -2.27. The Kier molecular flexibility index (Phi) is 5.38. The second-order valence-corrected chi connectivity index (χ2v) is 5.40. The van der Waals surface area contributed by atoms with Crippen molar-refractivity contribution in [2.75, 3.05) is 27.2 Å². The third kappa shape index (κ3) is 4.51. The zero-order valence-corrected chi connectivity index (χ0v) is 12.6. The molecule has 0 amide bonds. The van der Waals surface area contributed by atoms with Gasteiger partial charge in [-0.1, -0.05) is 0 Å². The van der Waals surface area contributed by atoms with Gasteiger partial charge in [-0.15, -0.1) is 0 Å². The molecule has 0 saturated carbocycles. The molecule has 0 aromatic carbocycles. The lowest BCUT2D eigenvalue weighted by atomic mass is 10.3. The van der Waals surface area contributed by atoms with Gasteiger partial charge in [0, 0.05) is 26.0 Å². The number of hydrogen-bond acceptors (Lipinski definition) is 4. The first kappa shape index (κ1) is 14.8. The summed E-state index contributed by atoms with van der Waals surface area (Å²) in [6.45, 7) is 3.80. The summed E-state index contributed by atoms with van der Waals surface area (Å²) in [5, 5.41) is 0. The second kappa shape index (κ2) is 7.26. The van der Waals surface area contributed by atoms with Crippen molar-refractivity contribution in [3.63, 3.8) is 0 Å². The lowest BCUT2D eigenvalue weighted by Gasteiger charge is -2.21. The van der Waals surface area contributed by atoms with E-state index in [2.05, 4.69) is 33.4 Å². The predicted molar refractivity (Wildman–Crippen MR) is 79.2 cm³/mol. The van der Waals surface area contributed by atoms with Crippen LogP contribution in [-0.4, -0.2) is 46.5 Å². The highest BCUT2D eigenvalue weighted by molar-refractivity contribution is 4.99. The molecule has 0 aliphatic heterocycles. The van der Waals surface area contributed by atoms with E-state index in [4.69, 9.17) is 4.42 Å². The molecular weight excluding hydrogens is 252 g/mol. The fraction of sp³-hybridized carbons (Fsp3) is 0.533. The summed E-state index contributed by atoms with van der Waals surface area (Å²) in [7, 11) is 6.25. The molecule has 5 heteroatoms. The van der Waals surface area contributed by atoms with Gasteiger partial charge in [0.25, 0.3) is 0 Å². The average molecular weight is 276 g/mol. The third-order valence-electron chi connectivity index (χ3n) is 3.33. The van der Waals surface area contributed by atoms with E-state index in [9.17, 15) is 0 Å². The highest BCUT2D eigenvalue weighted by Gasteiger charge is 2.11. The van der Waals surface area contributed by atoms with Crippen LogP contribution in [0.4, 0.5) is 0 Å². The van der Waals surface area contributed by atoms with Crippen LogP contribution in [0.3, 0.4) is 0 Å². The molecule has 0 bridgehead atoms. The zero-order chi connectivity index (χ0) is 14.4. The maximum Gasteiger partial charge on any atom is 0.122 e. The maximum absolute atomic E-state index is 5.46. The lowest BCUT2D eigenvalue weighted by molar-refractivity contribution is 0.215. The molecule has 110 valence electrons. The first-order valence-electron chi connectivity index (χ1n) is 7.01. The van der Waals surface area contributed by atoms with E-state index in [1.807, 2.05) is 31.6 Å². The summed E-state index contributed by atoms with van der Waals surface area (Å²) in [5.74, 6) is 2.09. The largest absolute Gasteiger partial charge is 0.468 e. The Morgan fingerprint density at radius 2 is 2.10 bits per heavy atom. The van der Waals surface area contributed by atoms with E-state index < -0.39 is 0 Å². The van der Waals surface area contributed by atoms with Crippen molar-refractivity contribution in [1.29, 1.82) is 0 Å². The standard InChI is InChI=1S/C15H24N4O/c1-17(2)8-5-9-19(12-14-6-4-11-20-14)13-15-16-7-10-18(15)3/h4,6-7,10-11H,5,8-9,12-13H2,1-3H3. The SMILES string of the molecule is CN(C)CCCN(Cc1ccco1)Cc1nccn1C. The molecule has 0 N–H and O–H groups in total. The monoisotopic (exact) mass is 276 g/mol. The molecule has 0 saturated heterocycles. The Bertz CT molecular complexity index is 490. The van der Waals surface area contributed by atoms with Crippen molar-refractivity contribution in [2.45, 2.75) is 19.5 Å². The first-order chi connectivity index (χ1) is 9.65. The van der Waals surface area contributed by atoms with Crippen LogP contribution in [0.25, 0.3) is 0 Å². The van der Waals surface area contributed by atoms with E-state index in [1.165, 1.54) is 0 Å². The molecule has 2 heterocycles. The number of furan rings is 1. The fourth-order valence-electron chi connectivity index (χ4n) is 2.20. The van der Waals surface area contributed by atoms with E-state index in [0.29, 0.717) is 0 Å². The molecule has 2 aromatic rings. The van der Waals surface area contributed by atoms with Crippen molar-refractivity contribution in [2.24, 2.45) is 7.05 Å². The molecule has 0 fully saturated rings. The molecule has 2 aromatic heterocycles. The van der Waals surface area contributed by atoms with E-state index in [-0.39, 0.29) is 0 Å². The Morgan fingerprint density at radius 1 is 1.25 bits per heavy atom. The fourth-order valence-corrected chi connectivity index (χ4v) is 2.20. The highest BCUT2D eigenvalue weighted by Crippen LogP contribution is 2.10. The number of aromatic nitrogens is 2. The predicted octanol–water partition coefficient (Wildman–Crippen LogP) is 1.97. The van der Waals surface area contributed by atoms with E-state index in [0.717, 1.165) is 44.2 Å². The molecule has 0 unspecified atom stereocenters. The van der Waals surface area contributed by atoms with Gasteiger partial charge in [-0.2, -0.15) is 0 Å². The topological polar surface area (TPSA) is 37.4 Å². The molecule has 5 nitrogen and oxygen atoms in total. The van der Waals surface area contributed by atoms with Gasteiger partial charge in [-0.3, -0.25) is 4.90 Å². The van der Waals surface area contributed by atoms with Gasteiger partial charge in [0.05, 0.1) is 19.4 Å². The first-order valence-corrected chi connectivity index (χ1v) is 7.01. The Hall–Kier alpha value is -1.59. The van der Waals surface area contributed by atoms with Gasteiger partial charge in [-0.05, 0) is 39.2 Å². The summed E-state index contributed by atoms with van der Waals surface area (Å²) in [5.41, 5.74) is 0. The minimum Gasteiger partial charge on any atom is -0.468 e. The Morgan fingerprint density at radius 3 is 2.70 bits per heavy atom. The zero-order valence-electron chi connectivity index (χ0n) is 12.6. The van der Waals surface area contributed by atoms with Crippen LogP contribution >= 0.6 is 0 Å². The summed E-state index contributed by atoms with van der Waals surface area (Å²) in [6, 6.07) is 3.96. The smallest absolute Gasteiger partial charge is 0.122 e. The van der Waals surface area contributed by atoms with Gasteiger partial charge in [0.1, 0.15) is 11.6 Å². The molecule has 20 heavy (non-hydrogen) atoms. The third-order valence-corrected chi connectivity index (χ3v) is 3.33. The summed E-state index contributed by atoms with van der Waals surface area (Å²) < 4.78 is 7.53. The van der Waals surface area contributed by atoms with Crippen LogP contribution in [-0.2, 0) is 20.1 Å². The van der Waals surface area contributed by atoms with Gasteiger partial charge < -0.3 is 13.9 Å². The van der Waals surface area contributed by atoms with Crippen LogP contribution in [0.5, 0.6) is 0 Å². The number of nitrogens with zero attached hydrogens (tertiary/aromatic N) is 4. The van der Waals surface area contributed by atoms with Crippen LogP contribution in [0.1, 0.15) is 18.0 Å². The van der Waals surface area contributed by atoms with Crippen molar-refractivity contribution < 1.29 is 4.42 Å². The van der Waals surface area contributed by atoms with E-state index in [1.54, 1.807) is 6.26 Å². The summed E-state index contributed by atoms with van der Waals surface area (Å²) in [4.78, 5) is 9.00. The minimum absolute atomic E-state index is 0.827. The molecular formula is C15H24N4O. The second-order valence-electron chi connectivity index (χ2n) is 5.40. The molecule has 0 spiro atoms. The van der Waals surface area contributed by atoms with Gasteiger partial charge >= 0.3 is 0 Å². The van der Waals surface area contributed by atoms with Gasteiger partial charge in [0.15, 0.2) is 0 Å². The van der Waals surface area contributed by atoms with Gasteiger partial charge in [-0.25, -0.2) is 4.98 Å². The number of rotatable bonds is 8. The number of hydrogen-bond donors (Lipinski definition) is 0.